The first-order valence-electron chi connectivity index (χ1n) is 7.14. The molecular weight excluding hydrogens is 459 g/mol. The van der Waals surface area contributed by atoms with Crippen molar-refractivity contribution in [1.82, 2.24) is 14.7 Å². The van der Waals surface area contributed by atoms with Crippen LogP contribution in [0.1, 0.15) is 5.69 Å². The molecule has 0 saturated heterocycles. The summed E-state index contributed by atoms with van der Waals surface area (Å²) < 4.78 is 73.6. The number of hydrogen-bond donors (Lipinski definition) is 2. The monoisotopic (exact) mass is 471 g/mol. The molecule has 0 aliphatic carbocycles. The van der Waals surface area contributed by atoms with Crippen LogP contribution < -0.4 is 9.46 Å². The van der Waals surface area contributed by atoms with E-state index in [-0.39, 0.29) is 10.9 Å². The van der Waals surface area contributed by atoms with E-state index < -0.39 is 39.0 Å². The van der Waals surface area contributed by atoms with Gasteiger partial charge in [0.1, 0.15) is 10.9 Å². The predicted molar refractivity (Wildman–Crippen MR) is 89.2 cm³/mol. The smallest absolute Gasteiger partial charge is 0.468 e. The second-order valence-corrected chi connectivity index (χ2v) is 7.71. The van der Waals surface area contributed by atoms with Gasteiger partial charge >= 0.3 is 12.3 Å². The Bertz CT molecular complexity index is 903. The van der Waals surface area contributed by atoms with Crippen molar-refractivity contribution in [2.45, 2.75) is 23.7 Å². The molecule has 27 heavy (non-hydrogen) atoms. The van der Waals surface area contributed by atoms with E-state index >= 15 is 0 Å². The lowest BCUT2D eigenvalue weighted by atomic mass is 10.2. The first kappa shape index (κ1) is 21.2. The standard InChI is InChI=1S/C14H13BrF3N3O5S/c1-25-13(22)10(5-9-6-19-7-20-9)21-27(23,24)12-3-2-8(15)4-11(12)26-14(16,17)18/h2-4,6-7,10,21H,5H2,1H3,(H,19,20). The second kappa shape index (κ2) is 8.27. The van der Waals surface area contributed by atoms with Gasteiger partial charge in [0.05, 0.1) is 13.4 Å². The molecule has 0 radical (unpaired) electrons. The highest BCUT2D eigenvalue weighted by atomic mass is 79.9. The average molecular weight is 472 g/mol. The van der Waals surface area contributed by atoms with Crippen molar-refractivity contribution >= 4 is 31.9 Å². The molecule has 0 spiro atoms. The second-order valence-electron chi connectivity index (χ2n) is 5.12. The molecule has 0 saturated carbocycles. The van der Waals surface area contributed by atoms with Crippen molar-refractivity contribution in [2.75, 3.05) is 7.11 Å². The quantitative estimate of drug-likeness (QED) is 0.598. The molecule has 0 bridgehead atoms. The number of nitrogens with one attached hydrogen (secondary N) is 2. The average Bonchev–Trinajstić information content (AvgIpc) is 3.04. The molecule has 1 atom stereocenters. The first-order valence-corrected chi connectivity index (χ1v) is 9.42. The van der Waals surface area contributed by atoms with Crippen LogP contribution in [0.4, 0.5) is 13.2 Å². The number of alkyl halides is 3. The van der Waals surface area contributed by atoms with Crippen molar-refractivity contribution in [2.24, 2.45) is 0 Å². The number of nitrogens with zero attached hydrogens (tertiary/aromatic N) is 1. The summed E-state index contributed by atoms with van der Waals surface area (Å²) in [5.41, 5.74) is 0.413. The molecule has 0 aliphatic heterocycles. The summed E-state index contributed by atoms with van der Waals surface area (Å²) in [5.74, 6) is -1.88. The van der Waals surface area contributed by atoms with Crippen LogP contribution in [0.5, 0.6) is 5.75 Å². The number of hydrogen-bond acceptors (Lipinski definition) is 6. The molecule has 0 amide bonds. The van der Waals surface area contributed by atoms with Gasteiger partial charge in [0.2, 0.25) is 10.0 Å². The van der Waals surface area contributed by atoms with Crippen LogP contribution in [0.25, 0.3) is 0 Å². The van der Waals surface area contributed by atoms with E-state index in [0.717, 1.165) is 19.2 Å². The van der Waals surface area contributed by atoms with Gasteiger partial charge < -0.3 is 14.5 Å². The summed E-state index contributed by atoms with van der Waals surface area (Å²) in [6.45, 7) is 0. The minimum Gasteiger partial charge on any atom is -0.468 e. The number of methoxy groups -OCH3 is 1. The molecule has 13 heteroatoms. The Kier molecular flexibility index (Phi) is 6.49. The number of aromatic amines is 1. The number of imidazole rings is 1. The van der Waals surface area contributed by atoms with Crippen molar-refractivity contribution in [1.29, 1.82) is 0 Å². The van der Waals surface area contributed by atoms with E-state index in [1.807, 2.05) is 4.72 Å². The summed E-state index contributed by atoms with van der Waals surface area (Å²) in [6, 6.07) is 1.59. The molecule has 148 valence electrons. The van der Waals surface area contributed by atoms with Crippen molar-refractivity contribution in [3.8, 4) is 5.75 Å². The van der Waals surface area contributed by atoms with Gasteiger partial charge in [-0.15, -0.1) is 13.2 Å². The number of ether oxygens (including phenoxy) is 2. The summed E-state index contributed by atoms with van der Waals surface area (Å²) >= 11 is 2.95. The van der Waals surface area contributed by atoms with Gasteiger partial charge in [-0.25, -0.2) is 13.4 Å². The van der Waals surface area contributed by atoms with Gasteiger partial charge in [-0.2, -0.15) is 4.72 Å². The van der Waals surface area contributed by atoms with Crippen LogP contribution in [0.3, 0.4) is 0 Å². The molecule has 1 aromatic heterocycles. The van der Waals surface area contributed by atoms with Gasteiger partial charge in [0.15, 0.2) is 5.75 Å². The Morgan fingerprint density at radius 3 is 2.67 bits per heavy atom. The minimum absolute atomic E-state index is 0.155. The number of esters is 1. The van der Waals surface area contributed by atoms with Crippen LogP contribution in [-0.4, -0.2) is 43.9 Å². The van der Waals surface area contributed by atoms with Crippen molar-refractivity contribution in [3.05, 3.63) is 40.9 Å². The third-order valence-electron chi connectivity index (χ3n) is 3.18. The number of carbonyl (C=O) groups is 1. The highest BCUT2D eigenvalue weighted by Gasteiger charge is 2.35. The van der Waals surface area contributed by atoms with Crippen LogP contribution in [0.15, 0.2) is 40.1 Å². The SMILES string of the molecule is COC(=O)C(Cc1cnc[nH]1)NS(=O)(=O)c1ccc(Br)cc1OC(F)(F)F. The Labute approximate surface area is 160 Å². The first-order chi connectivity index (χ1) is 12.5. The molecule has 2 N–H and O–H groups in total. The molecule has 1 aromatic carbocycles. The molecular formula is C14H13BrF3N3O5S. The van der Waals surface area contributed by atoms with Gasteiger partial charge in [0, 0.05) is 22.8 Å². The van der Waals surface area contributed by atoms with E-state index in [1.54, 1.807) is 0 Å². The number of sulfonamides is 1. The summed E-state index contributed by atoms with van der Waals surface area (Å²) in [7, 11) is -3.52. The summed E-state index contributed by atoms with van der Waals surface area (Å²) in [4.78, 5) is 17.6. The summed E-state index contributed by atoms with van der Waals surface area (Å²) in [5, 5.41) is 0. The maximum absolute atomic E-state index is 12.6. The predicted octanol–water partition coefficient (Wildman–Crippen LogP) is 2.13. The molecule has 1 heterocycles. The van der Waals surface area contributed by atoms with Crippen LogP contribution in [-0.2, 0) is 26.0 Å². The van der Waals surface area contributed by atoms with E-state index in [4.69, 9.17) is 0 Å². The van der Waals surface area contributed by atoms with E-state index in [1.165, 1.54) is 18.6 Å². The zero-order valence-electron chi connectivity index (χ0n) is 13.6. The molecule has 2 rings (SSSR count). The lowest BCUT2D eigenvalue weighted by molar-refractivity contribution is -0.275. The molecule has 1 unspecified atom stereocenters. The van der Waals surface area contributed by atoms with E-state index in [9.17, 15) is 26.4 Å². The fourth-order valence-corrected chi connectivity index (χ4v) is 3.72. The molecule has 0 fully saturated rings. The highest BCUT2D eigenvalue weighted by Crippen LogP contribution is 2.32. The third kappa shape index (κ3) is 5.94. The fraction of sp³-hybridized carbons (Fsp3) is 0.286. The Morgan fingerprint density at radius 2 is 2.11 bits per heavy atom. The van der Waals surface area contributed by atoms with Gasteiger partial charge in [-0.05, 0) is 18.2 Å². The van der Waals surface area contributed by atoms with E-state index in [0.29, 0.717) is 5.69 Å². The van der Waals surface area contributed by atoms with Gasteiger partial charge in [-0.1, -0.05) is 15.9 Å². The number of halogens is 4. The third-order valence-corrected chi connectivity index (χ3v) is 5.19. The van der Waals surface area contributed by atoms with E-state index in [2.05, 4.69) is 35.4 Å². The summed E-state index contributed by atoms with van der Waals surface area (Å²) in [6.07, 6.45) is -2.58. The topological polar surface area (TPSA) is 110 Å². The Balaban J connectivity index is 2.37. The van der Waals surface area contributed by atoms with Crippen LogP contribution >= 0.6 is 15.9 Å². The zero-order valence-corrected chi connectivity index (χ0v) is 16.0. The zero-order chi connectivity index (χ0) is 20.2. The number of benzene rings is 1. The van der Waals surface area contributed by atoms with Gasteiger partial charge in [-0.3, -0.25) is 4.79 Å². The minimum atomic E-state index is -5.11. The largest absolute Gasteiger partial charge is 0.573 e. The number of carbonyl (C=O) groups excluding carboxylic acids is 1. The van der Waals surface area contributed by atoms with Crippen molar-refractivity contribution in [3.63, 3.8) is 0 Å². The number of H-pyrrole nitrogens is 1. The molecule has 0 aliphatic rings. The highest BCUT2D eigenvalue weighted by molar-refractivity contribution is 9.10. The molecule has 8 nitrogen and oxygen atoms in total. The van der Waals surface area contributed by atoms with Crippen molar-refractivity contribution < 1.29 is 35.9 Å². The number of aromatic nitrogens is 2. The Morgan fingerprint density at radius 1 is 1.41 bits per heavy atom. The van der Waals surface area contributed by atoms with Crippen LogP contribution in [0.2, 0.25) is 0 Å². The Hall–Kier alpha value is -2.12. The number of rotatable bonds is 7. The maximum atomic E-state index is 12.6. The lowest BCUT2D eigenvalue weighted by Gasteiger charge is -2.18. The lowest BCUT2D eigenvalue weighted by Crippen LogP contribution is -2.43. The van der Waals surface area contributed by atoms with Crippen LogP contribution in [0, 0.1) is 0 Å². The fourth-order valence-electron chi connectivity index (χ4n) is 2.09. The normalized spacial score (nSPS) is 13.2. The molecule has 2 aromatic rings. The maximum Gasteiger partial charge on any atom is 0.573 e. The van der Waals surface area contributed by atoms with Gasteiger partial charge in [0.25, 0.3) is 0 Å².